The van der Waals surface area contributed by atoms with Gasteiger partial charge in [-0.1, -0.05) is 36.4 Å². The van der Waals surface area contributed by atoms with Crippen LogP contribution in [0.1, 0.15) is 45.6 Å². The van der Waals surface area contributed by atoms with Crippen LogP contribution in [0.3, 0.4) is 0 Å². The summed E-state index contributed by atoms with van der Waals surface area (Å²) in [6.07, 6.45) is 3.17. The summed E-state index contributed by atoms with van der Waals surface area (Å²) < 4.78 is 3.65. The number of carbonyl (C=O) groups is 2. The third-order valence-electron chi connectivity index (χ3n) is 6.47. The Labute approximate surface area is 213 Å². The van der Waals surface area contributed by atoms with E-state index >= 15 is 0 Å². The first-order chi connectivity index (χ1) is 17.3. The number of hydrogen-bond donors (Lipinski definition) is 1. The first kappa shape index (κ1) is 25.0. The van der Waals surface area contributed by atoms with Crippen molar-refractivity contribution in [2.24, 2.45) is 7.05 Å². The van der Waals surface area contributed by atoms with Crippen LogP contribution in [0.2, 0.25) is 0 Å². The normalized spacial score (nSPS) is 11.8. The largest absolute Gasteiger partial charge is 0.351 e. The maximum absolute atomic E-state index is 13.6. The van der Waals surface area contributed by atoms with Crippen LogP contribution in [-0.2, 0) is 13.5 Å². The Morgan fingerprint density at radius 3 is 2.47 bits per heavy atom. The molecule has 0 bridgehead atoms. The van der Waals surface area contributed by atoms with Gasteiger partial charge in [-0.3, -0.25) is 9.59 Å². The molecule has 2 aromatic carbocycles. The molecule has 0 fully saturated rings. The quantitative estimate of drug-likeness (QED) is 0.377. The van der Waals surface area contributed by atoms with Gasteiger partial charge in [0, 0.05) is 45.6 Å². The summed E-state index contributed by atoms with van der Waals surface area (Å²) in [5.41, 5.74) is 5.16. The van der Waals surface area contributed by atoms with Crippen molar-refractivity contribution in [2.45, 2.75) is 32.7 Å². The highest BCUT2D eigenvalue weighted by Crippen LogP contribution is 2.18. The third kappa shape index (κ3) is 5.74. The first-order valence-corrected chi connectivity index (χ1v) is 12.2. The van der Waals surface area contributed by atoms with Gasteiger partial charge in [0.05, 0.1) is 11.4 Å². The highest BCUT2D eigenvalue weighted by molar-refractivity contribution is 5.95. The van der Waals surface area contributed by atoms with E-state index in [9.17, 15) is 9.59 Å². The predicted octanol–water partition coefficient (Wildman–Crippen LogP) is 4.58. The van der Waals surface area contributed by atoms with Gasteiger partial charge in [0.1, 0.15) is 5.69 Å². The smallest absolute Gasteiger partial charge is 0.267 e. The van der Waals surface area contributed by atoms with Gasteiger partial charge in [-0.25, -0.2) is 4.68 Å². The van der Waals surface area contributed by atoms with Crippen molar-refractivity contribution >= 4 is 11.8 Å². The van der Waals surface area contributed by atoms with Gasteiger partial charge in [-0.15, -0.1) is 0 Å². The third-order valence-corrected chi connectivity index (χ3v) is 6.47. The number of nitrogens with one attached hydrogen (secondary N) is 1. The van der Waals surface area contributed by atoms with E-state index in [0.29, 0.717) is 30.6 Å². The summed E-state index contributed by atoms with van der Waals surface area (Å²) in [6.45, 7) is 4.42. The minimum absolute atomic E-state index is 0. The van der Waals surface area contributed by atoms with E-state index in [1.165, 1.54) is 0 Å². The van der Waals surface area contributed by atoms with Gasteiger partial charge in [0.15, 0.2) is 0 Å². The molecule has 0 saturated carbocycles. The number of nitrogens with zero attached hydrogens (tertiary/aromatic N) is 4. The fourth-order valence-electron chi connectivity index (χ4n) is 4.49. The molecule has 0 radical (unpaired) electrons. The molecule has 4 aromatic rings. The summed E-state index contributed by atoms with van der Waals surface area (Å²) in [7, 11) is 3.69. The average Bonchev–Trinajstić information content (AvgIpc) is 3.47. The number of likely N-dealkylation sites (N-methyl/N-ethyl adjacent to an activating group) is 1. The maximum Gasteiger partial charge on any atom is 0.267 e. The number of amides is 2. The van der Waals surface area contributed by atoms with E-state index in [0.717, 1.165) is 22.6 Å². The van der Waals surface area contributed by atoms with Crippen molar-refractivity contribution in [3.63, 3.8) is 0 Å². The molecular formula is C29H35N5O2. The lowest BCUT2D eigenvalue weighted by molar-refractivity contribution is 0.0722. The van der Waals surface area contributed by atoms with Crippen molar-refractivity contribution in [1.29, 1.82) is 0 Å². The topological polar surface area (TPSA) is 72.2 Å². The Morgan fingerprint density at radius 2 is 1.81 bits per heavy atom. The number of hydrogen-bond acceptors (Lipinski definition) is 3. The minimum atomic E-state index is -0.118. The van der Waals surface area contributed by atoms with Gasteiger partial charge in [-0.05, 0) is 68.7 Å². The highest BCUT2D eigenvalue weighted by atomic mass is 16.2. The van der Waals surface area contributed by atoms with Gasteiger partial charge in [0.2, 0.25) is 0 Å². The Balaban J connectivity index is 0.00000380. The van der Waals surface area contributed by atoms with Crippen LogP contribution >= 0.6 is 0 Å². The Hall–Kier alpha value is -4.13. The van der Waals surface area contributed by atoms with E-state index in [-0.39, 0.29) is 19.3 Å². The molecule has 7 nitrogen and oxygen atoms in total. The molecule has 36 heavy (non-hydrogen) atoms. The second-order valence-electron chi connectivity index (χ2n) is 9.20. The lowest BCUT2D eigenvalue weighted by atomic mass is 10.0. The molecule has 188 valence electrons. The number of benzene rings is 2. The number of aryl methyl sites for hydroxylation is 3. The second-order valence-corrected chi connectivity index (χ2v) is 9.20. The molecule has 1 atom stereocenters. The van der Waals surface area contributed by atoms with Crippen molar-refractivity contribution in [2.75, 3.05) is 13.6 Å². The molecule has 4 rings (SSSR count). The van der Waals surface area contributed by atoms with Crippen LogP contribution in [0.4, 0.5) is 0 Å². The Bertz CT molecular complexity index is 1350. The van der Waals surface area contributed by atoms with Crippen LogP contribution in [-0.4, -0.2) is 50.7 Å². The average molecular weight is 486 g/mol. The van der Waals surface area contributed by atoms with Crippen molar-refractivity contribution in [3.8, 4) is 5.69 Å². The van der Waals surface area contributed by atoms with Gasteiger partial charge >= 0.3 is 0 Å². The number of carbonyl (C=O) groups excluding carboxylic acids is 2. The lowest BCUT2D eigenvalue weighted by Crippen LogP contribution is -2.41. The summed E-state index contributed by atoms with van der Waals surface area (Å²) in [6, 6.07) is 23.3. The molecular weight excluding hydrogens is 450 g/mol. The molecule has 7 heteroatoms. The highest BCUT2D eigenvalue weighted by Gasteiger charge is 2.22. The zero-order valence-corrected chi connectivity index (χ0v) is 21.3. The summed E-state index contributed by atoms with van der Waals surface area (Å²) in [5.74, 6) is -0.180. The number of aromatic nitrogens is 3. The molecule has 2 heterocycles. The molecule has 2 aromatic heterocycles. The maximum atomic E-state index is 13.6. The number of rotatable bonds is 9. The SMILES string of the molecule is Cc1cc(C)n(-c2cccc(C(=O)N(C)[C@H](CCNC(=O)c3cccn3C)Cc3ccccc3)c2)n1.[HH]. The van der Waals surface area contributed by atoms with E-state index in [2.05, 4.69) is 22.5 Å². The summed E-state index contributed by atoms with van der Waals surface area (Å²) in [5, 5.41) is 7.56. The zero-order valence-electron chi connectivity index (χ0n) is 21.3. The van der Waals surface area contributed by atoms with Gasteiger partial charge in [-0.2, -0.15) is 5.10 Å². The van der Waals surface area contributed by atoms with E-state index < -0.39 is 0 Å². The summed E-state index contributed by atoms with van der Waals surface area (Å²) >= 11 is 0. The minimum Gasteiger partial charge on any atom is -0.351 e. The predicted molar refractivity (Wildman–Crippen MR) is 144 cm³/mol. The molecule has 0 aliphatic heterocycles. The van der Waals surface area contributed by atoms with Crippen molar-refractivity contribution in [1.82, 2.24) is 24.6 Å². The van der Waals surface area contributed by atoms with Gasteiger partial charge in [0.25, 0.3) is 11.8 Å². The lowest BCUT2D eigenvalue weighted by Gasteiger charge is -2.29. The second kappa shape index (κ2) is 11.1. The molecule has 0 aliphatic carbocycles. The molecule has 0 unspecified atom stereocenters. The van der Waals surface area contributed by atoms with Gasteiger partial charge < -0.3 is 14.8 Å². The molecule has 0 saturated heterocycles. The van der Waals surface area contributed by atoms with Crippen LogP contribution in [0.15, 0.2) is 79.0 Å². The monoisotopic (exact) mass is 485 g/mol. The van der Waals surface area contributed by atoms with Crippen LogP contribution in [0.5, 0.6) is 0 Å². The van der Waals surface area contributed by atoms with Crippen molar-refractivity contribution < 1.29 is 11.0 Å². The Kier molecular flexibility index (Phi) is 7.68. The van der Waals surface area contributed by atoms with E-state index in [4.69, 9.17) is 0 Å². The van der Waals surface area contributed by atoms with Crippen LogP contribution < -0.4 is 5.32 Å². The van der Waals surface area contributed by atoms with Crippen LogP contribution in [0.25, 0.3) is 5.69 Å². The molecule has 2 amide bonds. The zero-order chi connectivity index (χ0) is 25.7. The van der Waals surface area contributed by atoms with Crippen molar-refractivity contribution in [3.05, 3.63) is 107 Å². The molecule has 1 N–H and O–H groups in total. The summed E-state index contributed by atoms with van der Waals surface area (Å²) in [4.78, 5) is 27.9. The first-order valence-electron chi connectivity index (χ1n) is 12.2. The Morgan fingerprint density at radius 1 is 1.03 bits per heavy atom. The van der Waals surface area contributed by atoms with E-state index in [1.54, 1.807) is 15.5 Å². The fourth-order valence-corrected chi connectivity index (χ4v) is 4.49. The standard InChI is InChI=1S/C29H33N5O2.H2/c1-21-18-22(2)34(31-21)26-13-8-12-24(20-26)29(36)33(4)25(19-23-10-6-5-7-11-23)15-16-30-28(35)27-14-9-17-32(27)3;/h5-14,17-18,20,25H,15-16,19H2,1-4H3,(H,30,35);1H/t25-;/m1./s1. The molecule has 0 spiro atoms. The molecule has 0 aliphatic rings. The fraction of sp³-hybridized carbons (Fsp3) is 0.276. The van der Waals surface area contributed by atoms with Crippen LogP contribution in [0, 0.1) is 13.8 Å². The van der Waals surface area contributed by atoms with E-state index in [1.807, 2.05) is 93.4 Å².